The number of ether oxygens (including phenoxy) is 1. The second-order valence-corrected chi connectivity index (χ2v) is 11.5. The zero-order chi connectivity index (χ0) is 32.5. The minimum Gasteiger partial charge on any atom is -0.474 e. The zero-order valence-corrected chi connectivity index (χ0v) is 25.9. The Bertz CT molecular complexity index is 1420. The molecule has 11 heteroatoms. The molecule has 1 heterocycles. The number of hydrogen-bond acceptors (Lipinski definition) is 7. The van der Waals surface area contributed by atoms with Crippen LogP contribution in [0.4, 0.5) is 30.2 Å². The summed E-state index contributed by atoms with van der Waals surface area (Å²) in [7, 11) is 3.97. The van der Waals surface area contributed by atoms with Gasteiger partial charge in [0.25, 0.3) is 5.91 Å². The summed E-state index contributed by atoms with van der Waals surface area (Å²) in [5.41, 5.74) is 1.58. The van der Waals surface area contributed by atoms with E-state index in [1.165, 1.54) is 12.1 Å². The minimum atomic E-state index is -4.40. The van der Waals surface area contributed by atoms with E-state index in [1.807, 2.05) is 51.9 Å². The number of nitrogens with zero attached hydrogens (tertiary/aromatic N) is 3. The van der Waals surface area contributed by atoms with Gasteiger partial charge < -0.3 is 30.5 Å². The van der Waals surface area contributed by atoms with E-state index in [0.717, 1.165) is 30.7 Å². The van der Waals surface area contributed by atoms with Crippen LogP contribution in [0.2, 0.25) is 0 Å². The molecule has 3 N–H and O–H groups in total. The van der Waals surface area contributed by atoms with Crippen LogP contribution < -0.4 is 16.0 Å². The van der Waals surface area contributed by atoms with E-state index in [1.54, 1.807) is 30.5 Å². The second-order valence-electron chi connectivity index (χ2n) is 11.5. The van der Waals surface area contributed by atoms with Crippen molar-refractivity contribution >= 4 is 23.0 Å². The van der Waals surface area contributed by atoms with Gasteiger partial charge in [0.2, 0.25) is 0 Å². The molecule has 3 aromatic rings. The van der Waals surface area contributed by atoms with Crippen LogP contribution in [0.5, 0.6) is 0 Å². The fourth-order valence-electron chi connectivity index (χ4n) is 4.18. The minimum absolute atomic E-state index is 0.231. The number of alkyl halides is 3. The van der Waals surface area contributed by atoms with E-state index in [-0.39, 0.29) is 11.6 Å². The van der Waals surface area contributed by atoms with Gasteiger partial charge >= 0.3 is 6.18 Å². The van der Waals surface area contributed by atoms with Gasteiger partial charge in [-0.25, -0.2) is 0 Å². The number of hydrogen-bond donors (Lipinski definition) is 3. The first-order valence-electron chi connectivity index (χ1n) is 14.1. The number of amides is 1. The molecule has 0 spiro atoms. The van der Waals surface area contributed by atoms with Crippen LogP contribution in [0.3, 0.4) is 0 Å². The molecular formula is C33H41F3N6O2. The molecular weight excluding hydrogens is 569 g/mol. The Kier molecular flexibility index (Phi) is 11.4. The van der Waals surface area contributed by atoms with Crippen molar-refractivity contribution in [1.29, 1.82) is 0 Å². The molecule has 1 aromatic heterocycles. The average Bonchev–Trinajstić information content (AvgIpc) is 2.92. The molecule has 0 saturated carbocycles. The number of halogens is 3. The summed E-state index contributed by atoms with van der Waals surface area (Å²) in [5.74, 6) is 0.502. The maximum absolute atomic E-state index is 13.1. The Morgan fingerprint density at radius 1 is 0.886 bits per heavy atom. The second kappa shape index (κ2) is 14.8. The maximum Gasteiger partial charge on any atom is 0.416 e. The highest BCUT2D eigenvalue weighted by Crippen LogP contribution is 2.30. The smallest absolute Gasteiger partial charge is 0.416 e. The first-order chi connectivity index (χ1) is 20.6. The molecule has 44 heavy (non-hydrogen) atoms. The fourth-order valence-corrected chi connectivity index (χ4v) is 4.18. The summed E-state index contributed by atoms with van der Waals surface area (Å²) in [6, 6.07) is 15.5. The lowest BCUT2D eigenvalue weighted by molar-refractivity contribution is -0.137. The third-order valence-corrected chi connectivity index (χ3v) is 6.23. The van der Waals surface area contributed by atoms with Crippen molar-refractivity contribution < 1.29 is 22.7 Å². The first-order valence-corrected chi connectivity index (χ1v) is 14.1. The van der Waals surface area contributed by atoms with Crippen LogP contribution >= 0.6 is 0 Å². The van der Waals surface area contributed by atoms with Crippen LogP contribution in [-0.2, 0) is 17.5 Å². The van der Waals surface area contributed by atoms with Gasteiger partial charge in [-0.3, -0.25) is 9.78 Å². The highest BCUT2D eigenvalue weighted by molar-refractivity contribution is 6.04. The molecule has 0 fully saturated rings. The van der Waals surface area contributed by atoms with E-state index >= 15 is 0 Å². The van der Waals surface area contributed by atoms with Crippen LogP contribution in [0.25, 0.3) is 0 Å². The number of nitrogens with one attached hydrogen (secondary N) is 3. The predicted molar refractivity (Wildman–Crippen MR) is 170 cm³/mol. The van der Waals surface area contributed by atoms with Gasteiger partial charge in [0.1, 0.15) is 11.3 Å². The van der Waals surface area contributed by atoms with E-state index in [9.17, 15) is 18.0 Å². The van der Waals surface area contributed by atoms with Crippen molar-refractivity contribution in [2.45, 2.75) is 45.5 Å². The van der Waals surface area contributed by atoms with Gasteiger partial charge in [-0.05, 0) is 102 Å². The molecule has 0 saturated heterocycles. The van der Waals surface area contributed by atoms with Crippen molar-refractivity contribution in [2.24, 2.45) is 0 Å². The molecule has 236 valence electrons. The third kappa shape index (κ3) is 11.0. The molecule has 0 atom stereocenters. The molecule has 0 aliphatic carbocycles. The van der Waals surface area contributed by atoms with E-state index in [0.29, 0.717) is 41.9 Å². The number of pyridine rings is 1. The molecule has 3 rings (SSSR count). The molecule has 0 unspecified atom stereocenters. The summed E-state index contributed by atoms with van der Waals surface area (Å²) in [4.78, 5) is 21.5. The monoisotopic (exact) mass is 610 g/mol. The van der Waals surface area contributed by atoms with Crippen molar-refractivity contribution in [3.05, 3.63) is 109 Å². The summed E-state index contributed by atoms with van der Waals surface area (Å²) >= 11 is 0. The van der Waals surface area contributed by atoms with Gasteiger partial charge in [0.05, 0.1) is 22.8 Å². The quantitative estimate of drug-likeness (QED) is 0.164. The number of para-hydroxylation sites is 2. The van der Waals surface area contributed by atoms with Crippen LogP contribution in [-0.4, -0.2) is 53.5 Å². The summed E-state index contributed by atoms with van der Waals surface area (Å²) in [6.07, 6.45) is -1.95. The SMILES string of the molecule is C=C(Nc1ccccc1NC(=O)c1ccc(CN(CCCN(C)C)C(=C)Nc2ccc(C(F)(F)F)cc2)cn1)OC(C)(C)C. The highest BCUT2D eigenvalue weighted by Gasteiger charge is 2.30. The lowest BCUT2D eigenvalue weighted by atomic mass is 10.2. The number of rotatable bonds is 14. The number of aromatic nitrogens is 1. The Morgan fingerprint density at radius 3 is 2.07 bits per heavy atom. The first kappa shape index (κ1) is 34.0. The molecule has 0 bridgehead atoms. The average molecular weight is 611 g/mol. The Hall–Kier alpha value is -4.51. The summed E-state index contributed by atoms with van der Waals surface area (Å²) < 4.78 is 44.6. The Morgan fingerprint density at radius 2 is 1.52 bits per heavy atom. The van der Waals surface area contributed by atoms with Gasteiger partial charge in [-0.15, -0.1) is 0 Å². The lowest BCUT2D eigenvalue weighted by Crippen LogP contribution is -2.29. The lowest BCUT2D eigenvalue weighted by Gasteiger charge is -2.28. The molecule has 0 aliphatic heterocycles. The number of benzene rings is 2. The van der Waals surface area contributed by atoms with Crippen LogP contribution in [0.1, 0.15) is 48.8 Å². The van der Waals surface area contributed by atoms with Crippen molar-refractivity contribution in [3.8, 4) is 0 Å². The van der Waals surface area contributed by atoms with Crippen molar-refractivity contribution in [3.63, 3.8) is 0 Å². The fraction of sp³-hybridized carbons (Fsp3) is 0.333. The molecule has 8 nitrogen and oxygen atoms in total. The van der Waals surface area contributed by atoms with Crippen molar-refractivity contribution in [2.75, 3.05) is 43.1 Å². The van der Waals surface area contributed by atoms with Gasteiger partial charge in [0, 0.05) is 25.0 Å². The van der Waals surface area contributed by atoms with Crippen LogP contribution in [0.15, 0.2) is 91.7 Å². The molecule has 0 radical (unpaired) electrons. The van der Waals surface area contributed by atoms with Crippen molar-refractivity contribution in [1.82, 2.24) is 14.8 Å². The van der Waals surface area contributed by atoms with E-state index < -0.39 is 17.3 Å². The Labute approximate surface area is 257 Å². The standard InChI is InChI=1S/C33H41F3N6O2/c1-23(38-27-16-14-26(15-17-27)33(34,35)36)42(20-10-19-41(6)7)22-25-13-18-30(37-21-25)31(43)40-29-12-9-8-11-28(29)39-24(2)44-32(3,4)5/h8-9,11-18,21,38-39H,1-2,10,19-20,22H2,3-7H3,(H,40,43). The Balaban J connectivity index is 1.68. The molecule has 1 amide bonds. The molecule has 2 aromatic carbocycles. The highest BCUT2D eigenvalue weighted by atomic mass is 19.4. The maximum atomic E-state index is 13.1. The van der Waals surface area contributed by atoms with E-state index in [4.69, 9.17) is 4.74 Å². The summed E-state index contributed by atoms with van der Waals surface area (Å²) in [6.45, 7) is 15.7. The van der Waals surface area contributed by atoms with Gasteiger partial charge in [-0.2, -0.15) is 13.2 Å². The normalized spacial score (nSPS) is 11.6. The number of anilines is 3. The zero-order valence-electron chi connectivity index (χ0n) is 25.9. The largest absolute Gasteiger partial charge is 0.474 e. The molecule has 0 aliphatic rings. The number of carbonyl (C=O) groups excluding carboxylic acids is 1. The van der Waals surface area contributed by atoms with Crippen LogP contribution in [0, 0.1) is 0 Å². The summed E-state index contributed by atoms with van der Waals surface area (Å²) in [5, 5.41) is 9.09. The predicted octanol–water partition coefficient (Wildman–Crippen LogP) is 7.39. The van der Waals surface area contributed by atoms with Gasteiger partial charge in [0.15, 0.2) is 5.88 Å². The topological polar surface area (TPSA) is 81.8 Å². The van der Waals surface area contributed by atoms with E-state index in [2.05, 4.69) is 39.0 Å². The third-order valence-electron chi connectivity index (χ3n) is 6.23. The van der Waals surface area contributed by atoms with Gasteiger partial charge in [-0.1, -0.05) is 24.8 Å². The number of carbonyl (C=O) groups is 1.